The number of nitrogens with zero attached hydrogens (tertiary/aromatic N) is 2. The molecule has 0 bridgehead atoms. The molecular formula is C9H18N6O2S2. The standard InChI is InChI=1S/C9H18N6O2S2/c1-6(17-4-3-16-2)7(13-15-9(11)19)5-12-14-8(10)18/h5-6H,3-4H2,1-2H3,(H3,10,14,18)(H3,11,15,19)/b12-5?,13-7+. The van der Waals surface area contributed by atoms with Gasteiger partial charge in [-0.15, -0.1) is 0 Å². The summed E-state index contributed by atoms with van der Waals surface area (Å²) in [4.78, 5) is 0. The van der Waals surface area contributed by atoms with Gasteiger partial charge in [0.25, 0.3) is 0 Å². The van der Waals surface area contributed by atoms with Crippen LogP contribution in [0.5, 0.6) is 0 Å². The quantitative estimate of drug-likeness (QED) is 0.196. The minimum absolute atomic E-state index is 0.0392. The van der Waals surface area contributed by atoms with Crippen molar-refractivity contribution in [3.8, 4) is 0 Å². The van der Waals surface area contributed by atoms with E-state index in [0.717, 1.165) is 0 Å². The number of hydrogen-bond acceptors (Lipinski definition) is 6. The van der Waals surface area contributed by atoms with E-state index < -0.39 is 0 Å². The summed E-state index contributed by atoms with van der Waals surface area (Å²) in [6, 6.07) is 0. The summed E-state index contributed by atoms with van der Waals surface area (Å²) in [6.45, 7) is 2.69. The van der Waals surface area contributed by atoms with Gasteiger partial charge in [0.05, 0.1) is 19.4 Å². The number of nitrogens with two attached hydrogens (primary N) is 2. The van der Waals surface area contributed by atoms with E-state index in [9.17, 15) is 0 Å². The molecule has 0 aliphatic carbocycles. The Morgan fingerprint density at radius 3 is 2.42 bits per heavy atom. The monoisotopic (exact) mass is 306 g/mol. The van der Waals surface area contributed by atoms with Gasteiger partial charge in [-0.3, -0.25) is 10.9 Å². The van der Waals surface area contributed by atoms with Gasteiger partial charge in [-0.05, 0) is 31.4 Å². The van der Waals surface area contributed by atoms with Crippen LogP contribution in [0.1, 0.15) is 6.92 Å². The second-order valence-corrected chi connectivity index (χ2v) is 4.13. The van der Waals surface area contributed by atoms with Gasteiger partial charge in [0.15, 0.2) is 10.2 Å². The topological polar surface area (TPSA) is 119 Å². The van der Waals surface area contributed by atoms with E-state index in [-0.39, 0.29) is 16.3 Å². The Morgan fingerprint density at radius 1 is 1.26 bits per heavy atom. The van der Waals surface area contributed by atoms with Crippen LogP contribution in [0.25, 0.3) is 0 Å². The van der Waals surface area contributed by atoms with Crippen LogP contribution in [-0.4, -0.2) is 48.6 Å². The molecular weight excluding hydrogens is 288 g/mol. The SMILES string of the molecule is COCCOC(C)/C(C=NNC(N)=S)=N/NC(N)=S. The number of hydrogen-bond donors (Lipinski definition) is 4. The molecule has 0 heterocycles. The molecule has 0 spiro atoms. The number of hydrazone groups is 2. The highest BCUT2D eigenvalue weighted by molar-refractivity contribution is 7.80. The van der Waals surface area contributed by atoms with Crippen molar-refractivity contribution in [1.29, 1.82) is 0 Å². The molecule has 6 N–H and O–H groups in total. The van der Waals surface area contributed by atoms with Crippen LogP contribution in [0.15, 0.2) is 10.2 Å². The lowest BCUT2D eigenvalue weighted by Crippen LogP contribution is -2.32. The van der Waals surface area contributed by atoms with Crippen molar-refractivity contribution in [2.45, 2.75) is 13.0 Å². The van der Waals surface area contributed by atoms with Crippen LogP contribution < -0.4 is 22.3 Å². The summed E-state index contributed by atoms with van der Waals surface area (Å²) < 4.78 is 10.4. The van der Waals surface area contributed by atoms with Gasteiger partial charge in [-0.1, -0.05) is 0 Å². The number of thiocarbonyl (C=S) groups is 2. The first-order valence-electron chi connectivity index (χ1n) is 5.29. The van der Waals surface area contributed by atoms with Crippen LogP contribution in [0.3, 0.4) is 0 Å². The molecule has 0 aromatic heterocycles. The Labute approximate surface area is 122 Å². The van der Waals surface area contributed by atoms with Crippen LogP contribution in [-0.2, 0) is 9.47 Å². The first-order valence-corrected chi connectivity index (χ1v) is 6.11. The fourth-order valence-corrected chi connectivity index (χ4v) is 0.998. The van der Waals surface area contributed by atoms with Crippen LogP contribution in [0, 0.1) is 0 Å². The van der Waals surface area contributed by atoms with E-state index >= 15 is 0 Å². The predicted molar refractivity (Wildman–Crippen MR) is 83.1 cm³/mol. The predicted octanol–water partition coefficient (Wildman–Crippen LogP) is -0.954. The molecule has 0 saturated carbocycles. The van der Waals surface area contributed by atoms with Crippen molar-refractivity contribution < 1.29 is 9.47 Å². The summed E-state index contributed by atoms with van der Waals surface area (Å²) in [6.07, 6.45) is 1.07. The molecule has 0 rings (SSSR count). The maximum Gasteiger partial charge on any atom is 0.184 e. The highest BCUT2D eigenvalue weighted by Gasteiger charge is 2.09. The van der Waals surface area contributed by atoms with Gasteiger partial charge in [0, 0.05) is 7.11 Å². The zero-order valence-corrected chi connectivity index (χ0v) is 12.4. The van der Waals surface area contributed by atoms with Gasteiger partial charge >= 0.3 is 0 Å². The lowest BCUT2D eigenvalue weighted by molar-refractivity contribution is 0.0559. The smallest absolute Gasteiger partial charge is 0.184 e. The molecule has 0 aliphatic heterocycles. The molecule has 10 heteroatoms. The highest BCUT2D eigenvalue weighted by atomic mass is 32.1. The van der Waals surface area contributed by atoms with Crippen molar-refractivity contribution in [3.63, 3.8) is 0 Å². The minimum Gasteiger partial charge on any atom is -0.382 e. The molecule has 0 aliphatic rings. The van der Waals surface area contributed by atoms with Gasteiger partial charge in [-0.25, -0.2) is 0 Å². The van der Waals surface area contributed by atoms with E-state index in [1.807, 2.05) is 0 Å². The molecule has 1 atom stereocenters. The second kappa shape index (κ2) is 10.6. The Kier molecular flexibility index (Phi) is 9.80. The van der Waals surface area contributed by atoms with E-state index in [4.69, 9.17) is 20.9 Å². The normalized spacial score (nSPS) is 13.3. The number of ether oxygens (including phenoxy) is 2. The minimum atomic E-state index is -0.339. The second-order valence-electron chi connectivity index (χ2n) is 3.25. The summed E-state index contributed by atoms with van der Waals surface area (Å²) >= 11 is 9.27. The van der Waals surface area contributed by atoms with Crippen LogP contribution >= 0.6 is 24.4 Å². The van der Waals surface area contributed by atoms with E-state index in [1.54, 1.807) is 14.0 Å². The molecule has 108 valence electrons. The molecule has 1 unspecified atom stereocenters. The molecule has 0 radical (unpaired) electrons. The number of nitrogens with one attached hydrogen (secondary N) is 2. The van der Waals surface area contributed by atoms with Crippen molar-refractivity contribution in [2.75, 3.05) is 20.3 Å². The fourth-order valence-electron chi connectivity index (χ4n) is 0.900. The summed E-state index contributed by atoms with van der Waals surface area (Å²) in [5.41, 5.74) is 15.9. The van der Waals surface area contributed by atoms with Crippen LogP contribution in [0.4, 0.5) is 0 Å². The molecule has 0 aromatic carbocycles. The lowest BCUT2D eigenvalue weighted by Gasteiger charge is -2.12. The average molecular weight is 306 g/mol. The van der Waals surface area contributed by atoms with Gasteiger partial charge in [-0.2, -0.15) is 10.2 Å². The van der Waals surface area contributed by atoms with E-state index in [2.05, 4.69) is 45.5 Å². The highest BCUT2D eigenvalue weighted by Crippen LogP contribution is 1.93. The first-order chi connectivity index (χ1) is 8.97. The van der Waals surface area contributed by atoms with E-state index in [1.165, 1.54) is 6.21 Å². The molecule has 8 nitrogen and oxygen atoms in total. The Balaban J connectivity index is 4.55. The lowest BCUT2D eigenvalue weighted by atomic mass is 10.2. The molecule has 0 fully saturated rings. The van der Waals surface area contributed by atoms with E-state index in [0.29, 0.717) is 18.9 Å². The molecule has 0 saturated heterocycles. The third-order valence-corrected chi connectivity index (χ3v) is 1.92. The largest absolute Gasteiger partial charge is 0.382 e. The molecule has 0 amide bonds. The summed E-state index contributed by atoms with van der Waals surface area (Å²) in [5.74, 6) is 0. The maximum atomic E-state index is 5.47. The summed E-state index contributed by atoms with van der Waals surface area (Å²) in [5, 5.41) is 7.84. The Morgan fingerprint density at radius 2 is 1.89 bits per heavy atom. The molecule has 0 aromatic rings. The summed E-state index contributed by atoms with van der Waals surface area (Å²) in [7, 11) is 1.59. The number of rotatable bonds is 8. The Bertz CT molecular complexity index is 361. The van der Waals surface area contributed by atoms with Crippen molar-refractivity contribution in [1.82, 2.24) is 10.9 Å². The third-order valence-electron chi connectivity index (χ3n) is 1.74. The molecule has 19 heavy (non-hydrogen) atoms. The van der Waals surface area contributed by atoms with Crippen molar-refractivity contribution in [2.24, 2.45) is 21.7 Å². The van der Waals surface area contributed by atoms with Crippen LogP contribution in [0.2, 0.25) is 0 Å². The van der Waals surface area contributed by atoms with Crippen molar-refractivity contribution in [3.05, 3.63) is 0 Å². The van der Waals surface area contributed by atoms with Gasteiger partial charge < -0.3 is 20.9 Å². The zero-order chi connectivity index (χ0) is 14.7. The third kappa shape index (κ3) is 10.3. The first kappa shape index (κ1) is 17.6. The van der Waals surface area contributed by atoms with Crippen molar-refractivity contribution >= 4 is 46.6 Å². The van der Waals surface area contributed by atoms with Gasteiger partial charge in [0.2, 0.25) is 0 Å². The average Bonchev–Trinajstić information content (AvgIpc) is 2.32. The fraction of sp³-hybridized carbons (Fsp3) is 0.556. The Hall–Kier alpha value is -1.36. The number of methoxy groups -OCH3 is 1. The maximum absolute atomic E-state index is 5.47. The van der Waals surface area contributed by atoms with Gasteiger partial charge in [0.1, 0.15) is 11.8 Å². The zero-order valence-electron chi connectivity index (χ0n) is 10.8.